The van der Waals surface area contributed by atoms with Gasteiger partial charge >= 0.3 is 0 Å². The molecule has 2 aliphatic rings. The molecule has 1 fully saturated rings. The lowest BCUT2D eigenvalue weighted by molar-refractivity contribution is -0.138. The van der Waals surface area contributed by atoms with Gasteiger partial charge in [-0.1, -0.05) is 11.6 Å². The smallest absolute Gasteiger partial charge is 0.264 e. The topological polar surface area (TPSA) is 63.7 Å². The number of nitrogens with one attached hydrogen (secondary N) is 1. The molecule has 2 aromatic carbocycles. The van der Waals surface area contributed by atoms with Crippen LogP contribution in [0.4, 0.5) is 0 Å². The van der Waals surface area contributed by atoms with E-state index < -0.39 is 6.10 Å². The van der Waals surface area contributed by atoms with Gasteiger partial charge in [0.25, 0.3) is 5.91 Å². The van der Waals surface area contributed by atoms with Crippen LogP contribution >= 0.6 is 11.6 Å². The second-order valence-corrected chi connectivity index (χ2v) is 8.01. The fraction of sp³-hybridized carbons (Fsp3) is 0.304. The minimum atomic E-state index is -0.511. The minimum absolute atomic E-state index is 0.0408. The van der Waals surface area contributed by atoms with Gasteiger partial charge in [0.15, 0.2) is 6.10 Å². The highest BCUT2D eigenvalue weighted by molar-refractivity contribution is 6.31. The summed E-state index contributed by atoms with van der Waals surface area (Å²) in [5.41, 5.74) is 3.64. The molecule has 3 aromatic rings. The lowest BCUT2D eigenvalue weighted by atomic mass is 9.97. The maximum Gasteiger partial charge on any atom is 0.264 e. The second-order valence-electron chi connectivity index (χ2n) is 7.57. The number of benzene rings is 2. The van der Waals surface area contributed by atoms with Gasteiger partial charge < -0.3 is 19.7 Å². The molecule has 1 atom stereocenters. The van der Waals surface area contributed by atoms with Crippen molar-refractivity contribution in [1.29, 1.82) is 0 Å². The Morgan fingerprint density at radius 1 is 1.20 bits per heavy atom. The number of amides is 1. The molecule has 0 radical (unpaired) electrons. The third kappa shape index (κ3) is 3.36. The van der Waals surface area contributed by atoms with E-state index in [1.807, 2.05) is 41.3 Å². The molecule has 3 heterocycles. The summed E-state index contributed by atoms with van der Waals surface area (Å²) in [6.07, 6.45) is 1.79. The van der Waals surface area contributed by atoms with Crippen LogP contribution in [-0.2, 0) is 11.2 Å². The van der Waals surface area contributed by atoms with Crippen molar-refractivity contribution in [2.75, 3.05) is 33.3 Å². The first-order valence-electron chi connectivity index (χ1n) is 10.1. The largest absolute Gasteiger partial charge is 0.497 e. The minimum Gasteiger partial charge on any atom is -0.497 e. The Labute approximate surface area is 179 Å². The molecule has 2 aliphatic heterocycles. The van der Waals surface area contributed by atoms with Crippen LogP contribution in [-0.4, -0.2) is 55.2 Å². The molecule has 1 saturated heterocycles. The molecule has 1 N–H and O–H groups in total. The molecular weight excluding hydrogens is 402 g/mol. The molecule has 5 rings (SSSR count). The van der Waals surface area contributed by atoms with E-state index in [2.05, 4.69) is 10.3 Å². The van der Waals surface area contributed by atoms with Gasteiger partial charge in [-0.3, -0.25) is 9.78 Å². The van der Waals surface area contributed by atoms with E-state index in [1.165, 1.54) is 0 Å². The summed E-state index contributed by atoms with van der Waals surface area (Å²) >= 11 is 6.46. The van der Waals surface area contributed by atoms with Crippen LogP contribution in [0.3, 0.4) is 0 Å². The Morgan fingerprint density at radius 3 is 2.83 bits per heavy atom. The van der Waals surface area contributed by atoms with Gasteiger partial charge in [-0.15, -0.1) is 0 Å². The number of carbonyl (C=O) groups is 1. The number of pyridine rings is 1. The number of hydrogen-bond donors (Lipinski definition) is 1. The zero-order valence-electron chi connectivity index (χ0n) is 16.7. The zero-order valence-corrected chi connectivity index (χ0v) is 17.4. The van der Waals surface area contributed by atoms with E-state index in [4.69, 9.17) is 21.1 Å². The highest BCUT2D eigenvalue weighted by Crippen LogP contribution is 2.43. The summed E-state index contributed by atoms with van der Waals surface area (Å²) in [7, 11) is 1.64. The average Bonchev–Trinajstić information content (AvgIpc) is 3.21. The Kier molecular flexibility index (Phi) is 4.97. The molecule has 0 unspecified atom stereocenters. The Morgan fingerprint density at radius 2 is 2.03 bits per heavy atom. The number of ether oxygens (including phenoxy) is 2. The molecule has 6 nitrogen and oxygen atoms in total. The van der Waals surface area contributed by atoms with E-state index in [1.54, 1.807) is 13.3 Å². The van der Waals surface area contributed by atoms with Crippen LogP contribution in [0.5, 0.6) is 11.5 Å². The van der Waals surface area contributed by atoms with Crippen LogP contribution in [0.15, 0.2) is 42.6 Å². The summed E-state index contributed by atoms with van der Waals surface area (Å²) in [5.74, 6) is 1.52. The molecule has 1 aromatic heterocycles. The number of halogens is 1. The van der Waals surface area contributed by atoms with Crippen LogP contribution in [0.25, 0.3) is 22.0 Å². The first-order valence-corrected chi connectivity index (χ1v) is 10.4. The van der Waals surface area contributed by atoms with Gasteiger partial charge in [0.2, 0.25) is 0 Å². The summed E-state index contributed by atoms with van der Waals surface area (Å²) in [6.45, 7) is 3.04. The number of aromatic nitrogens is 1. The summed E-state index contributed by atoms with van der Waals surface area (Å²) in [5, 5.41) is 4.87. The first kappa shape index (κ1) is 19.2. The molecule has 0 bridgehead atoms. The third-order valence-corrected chi connectivity index (χ3v) is 5.96. The van der Waals surface area contributed by atoms with Crippen LogP contribution in [0, 0.1) is 0 Å². The predicted octanol–water partition coefficient (Wildman–Crippen LogP) is 3.30. The van der Waals surface area contributed by atoms with Crippen molar-refractivity contribution >= 4 is 28.4 Å². The van der Waals surface area contributed by atoms with Crippen molar-refractivity contribution < 1.29 is 14.3 Å². The van der Waals surface area contributed by atoms with Crippen molar-refractivity contribution in [1.82, 2.24) is 15.2 Å². The second kappa shape index (κ2) is 7.78. The number of fused-ring (bicyclic) bond motifs is 2. The van der Waals surface area contributed by atoms with Crippen molar-refractivity contribution in [3.8, 4) is 22.6 Å². The molecule has 154 valence electrons. The monoisotopic (exact) mass is 423 g/mol. The van der Waals surface area contributed by atoms with Crippen LogP contribution < -0.4 is 14.8 Å². The van der Waals surface area contributed by atoms with E-state index >= 15 is 0 Å². The van der Waals surface area contributed by atoms with Gasteiger partial charge in [-0.2, -0.15) is 0 Å². The van der Waals surface area contributed by atoms with Crippen LogP contribution in [0.1, 0.15) is 5.56 Å². The first-order chi connectivity index (χ1) is 14.6. The number of piperazine rings is 1. The standard InChI is InChI=1S/C23H22ClN3O3/c1-29-16-2-3-18-17(4-5-26-20(18)13-16)19-12-15(24)10-14-11-21(30-22(14)19)23(28)27-8-6-25-7-9-27/h2-5,10,12-13,21,25H,6-9,11H2,1H3/t21-/m1/s1. The fourth-order valence-electron chi connectivity index (χ4n) is 4.24. The van der Waals surface area contributed by atoms with Gasteiger partial charge in [0, 0.05) is 66.4 Å². The molecular formula is C23H22ClN3O3. The van der Waals surface area contributed by atoms with E-state index in [9.17, 15) is 4.79 Å². The number of hydrogen-bond acceptors (Lipinski definition) is 5. The van der Waals surface area contributed by atoms with Crippen molar-refractivity contribution in [2.24, 2.45) is 0 Å². The average molecular weight is 424 g/mol. The highest BCUT2D eigenvalue weighted by Gasteiger charge is 2.35. The van der Waals surface area contributed by atoms with Crippen molar-refractivity contribution in [3.05, 3.63) is 53.2 Å². The normalized spacial score (nSPS) is 18.2. The quantitative estimate of drug-likeness (QED) is 0.700. The molecule has 0 saturated carbocycles. The summed E-state index contributed by atoms with van der Waals surface area (Å²) in [4.78, 5) is 19.4. The van der Waals surface area contributed by atoms with E-state index in [0.29, 0.717) is 24.5 Å². The van der Waals surface area contributed by atoms with E-state index in [0.717, 1.165) is 52.2 Å². The molecule has 1 amide bonds. The number of nitrogens with zero attached hydrogens (tertiary/aromatic N) is 2. The summed E-state index contributed by atoms with van der Waals surface area (Å²) < 4.78 is 11.6. The van der Waals surface area contributed by atoms with Crippen molar-refractivity contribution in [3.63, 3.8) is 0 Å². The van der Waals surface area contributed by atoms with Gasteiger partial charge in [0.1, 0.15) is 11.5 Å². The molecule has 0 aliphatic carbocycles. The zero-order chi connectivity index (χ0) is 20.7. The third-order valence-electron chi connectivity index (χ3n) is 5.74. The van der Waals surface area contributed by atoms with E-state index in [-0.39, 0.29) is 5.91 Å². The number of rotatable bonds is 3. The lowest BCUT2D eigenvalue weighted by Crippen LogP contribution is -2.50. The Hall–Kier alpha value is -2.83. The van der Waals surface area contributed by atoms with Gasteiger partial charge in [-0.25, -0.2) is 0 Å². The highest BCUT2D eigenvalue weighted by atomic mass is 35.5. The lowest BCUT2D eigenvalue weighted by Gasteiger charge is -2.29. The molecule has 30 heavy (non-hydrogen) atoms. The fourth-order valence-corrected chi connectivity index (χ4v) is 4.48. The Balaban J connectivity index is 1.54. The molecule has 7 heteroatoms. The predicted molar refractivity (Wildman–Crippen MR) is 116 cm³/mol. The van der Waals surface area contributed by atoms with Crippen molar-refractivity contribution in [2.45, 2.75) is 12.5 Å². The summed E-state index contributed by atoms with van der Waals surface area (Å²) in [6, 6.07) is 11.6. The number of methoxy groups -OCH3 is 1. The van der Waals surface area contributed by atoms with Gasteiger partial charge in [-0.05, 0) is 35.9 Å². The van der Waals surface area contributed by atoms with Crippen LogP contribution in [0.2, 0.25) is 5.02 Å². The Bertz CT molecular complexity index is 1130. The maximum absolute atomic E-state index is 13.0. The van der Waals surface area contributed by atoms with Gasteiger partial charge in [0.05, 0.1) is 12.6 Å². The maximum atomic E-state index is 13.0. The SMILES string of the molecule is COc1ccc2c(-c3cc(Cl)cc4c3O[C@@H](C(=O)N3CCNCC3)C4)ccnc2c1. The molecule has 0 spiro atoms. The number of carbonyl (C=O) groups excluding carboxylic acids is 1.